The van der Waals surface area contributed by atoms with Crippen LogP contribution in [0.15, 0.2) is 18.2 Å². The first-order chi connectivity index (χ1) is 9.90. The van der Waals surface area contributed by atoms with Crippen LogP contribution in [0.5, 0.6) is 11.5 Å². The summed E-state index contributed by atoms with van der Waals surface area (Å²) in [5, 5.41) is 0. The molecule has 0 spiro atoms. The first-order valence-electron chi connectivity index (χ1n) is 8.03. The quantitative estimate of drug-likeness (QED) is 0.822. The van der Waals surface area contributed by atoms with Crippen LogP contribution in [0.4, 0.5) is 0 Å². The van der Waals surface area contributed by atoms with Crippen molar-refractivity contribution in [3.63, 3.8) is 0 Å². The van der Waals surface area contributed by atoms with E-state index in [0.29, 0.717) is 6.79 Å². The highest BCUT2D eigenvalue weighted by atomic mass is 16.7. The number of fused-ring (bicyclic) bond motifs is 2. The van der Waals surface area contributed by atoms with Gasteiger partial charge in [-0.05, 0) is 55.8 Å². The van der Waals surface area contributed by atoms with Gasteiger partial charge in [0.15, 0.2) is 11.5 Å². The van der Waals surface area contributed by atoms with Gasteiger partial charge >= 0.3 is 0 Å². The number of hydrogen-bond acceptors (Lipinski definition) is 3. The van der Waals surface area contributed by atoms with E-state index in [1.807, 2.05) is 0 Å². The van der Waals surface area contributed by atoms with Gasteiger partial charge in [0.25, 0.3) is 0 Å². The Hall–Kier alpha value is -1.22. The average Bonchev–Trinajstić information content (AvgIpc) is 2.95. The van der Waals surface area contributed by atoms with E-state index in [4.69, 9.17) is 9.47 Å². The zero-order valence-corrected chi connectivity index (χ0v) is 12.0. The Balaban J connectivity index is 1.50. The van der Waals surface area contributed by atoms with Crippen molar-refractivity contribution in [1.82, 2.24) is 4.90 Å². The maximum Gasteiger partial charge on any atom is 0.231 e. The van der Waals surface area contributed by atoms with Crippen LogP contribution >= 0.6 is 0 Å². The fourth-order valence-electron chi connectivity index (χ4n) is 4.20. The minimum atomic E-state index is 0.368. The lowest BCUT2D eigenvalue weighted by molar-refractivity contribution is 0.0546. The van der Waals surface area contributed by atoms with E-state index < -0.39 is 0 Å². The Labute approximate surface area is 120 Å². The summed E-state index contributed by atoms with van der Waals surface area (Å²) in [4.78, 5) is 2.71. The molecule has 0 amide bonds. The second-order valence-corrected chi connectivity index (χ2v) is 6.41. The van der Waals surface area contributed by atoms with Crippen LogP contribution in [0.2, 0.25) is 0 Å². The maximum absolute atomic E-state index is 5.49. The van der Waals surface area contributed by atoms with Crippen molar-refractivity contribution < 1.29 is 9.47 Å². The zero-order chi connectivity index (χ0) is 13.4. The van der Waals surface area contributed by atoms with Gasteiger partial charge in [0.05, 0.1) is 0 Å². The van der Waals surface area contributed by atoms with Crippen molar-refractivity contribution >= 4 is 0 Å². The van der Waals surface area contributed by atoms with Crippen molar-refractivity contribution in [2.75, 3.05) is 13.3 Å². The normalized spacial score (nSPS) is 29.2. The van der Waals surface area contributed by atoms with Gasteiger partial charge in [-0.15, -0.1) is 0 Å². The lowest BCUT2D eigenvalue weighted by Gasteiger charge is -2.44. The molecule has 3 aliphatic rings. The van der Waals surface area contributed by atoms with E-state index in [0.717, 1.165) is 30.0 Å². The van der Waals surface area contributed by atoms with Gasteiger partial charge in [-0.1, -0.05) is 18.9 Å². The standard InChI is InChI=1S/C17H23NO2/c1-2-6-15-14(4-1)5-3-9-18(15)11-13-7-8-16-17(10-13)20-12-19-16/h7-8,10,14-15H,1-6,9,11-12H2/t14-,15-/m1/s1. The van der Waals surface area contributed by atoms with E-state index in [2.05, 4.69) is 23.1 Å². The molecule has 0 N–H and O–H groups in total. The third-order valence-electron chi connectivity index (χ3n) is 5.18. The van der Waals surface area contributed by atoms with Crippen molar-refractivity contribution in [3.05, 3.63) is 23.8 Å². The van der Waals surface area contributed by atoms with Gasteiger partial charge < -0.3 is 9.47 Å². The number of nitrogens with zero attached hydrogens (tertiary/aromatic N) is 1. The highest BCUT2D eigenvalue weighted by Gasteiger charge is 2.33. The monoisotopic (exact) mass is 273 g/mol. The molecular weight excluding hydrogens is 250 g/mol. The summed E-state index contributed by atoms with van der Waals surface area (Å²) in [7, 11) is 0. The van der Waals surface area contributed by atoms with Crippen LogP contribution < -0.4 is 9.47 Å². The zero-order valence-electron chi connectivity index (χ0n) is 12.0. The van der Waals surface area contributed by atoms with Gasteiger partial charge in [-0.25, -0.2) is 0 Å². The molecule has 1 saturated carbocycles. The fourth-order valence-corrected chi connectivity index (χ4v) is 4.20. The van der Waals surface area contributed by atoms with E-state index >= 15 is 0 Å². The van der Waals surface area contributed by atoms with Crippen LogP contribution in [-0.4, -0.2) is 24.3 Å². The van der Waals surface area contributed by atoms with Crippen molar-refractivity contribution in [1.29, 1.82) is 0 Å². The third kappa shape index (κ3) is 2.28. The minimum absolute atomic E-state index is 0.368. The molecule has 0 bridgehead atoms. The topological polar surface area (TPSA) is 21.7 Å². The summed E-state index contributed by atoms with van der Waals surface area (Å²) < 4.78 is 10.9. The van der Waals surface area contributed by atoms with Gasteiger partial charge in [-0.2, -0.15) is 0 Å². The fraction of sp³-hybridized carbons (Fsp3) is 0.647. The Bertz CT molecular complexity index is 486. The summed E-state index contributed by atoms with van der Waals surface area (Å²) in [6.07, 6.45) is 8.52. The predicted octanol–water partition coefficient (Wildman–Crippen LogP) is 3.57. The van der Waals surface area contributed by atoms with Gasteiger partial charge in [-0.3, -0.25) is 4.90 Å². The molecule has 4 rings (SSSR count). The number of benzene rings is 1. The molecule has 1 aliphatic carbocycles. The molecule has 1 saturated heterocycles. The van der Waals surface area contributed by atoms with Crippen LogP contribution in [0, 0.1) is 5.92 Å². The Morgan fingerprint density at radius 2 is 1.85 bits per heavy atom. The molecule has 3 nitrogen and oxygen atoms in total. The largest absolute Gasteiger partial charge is 0.454 e. The molecule has 20 heavy (non-hydrogen) atoms. The van der Waals surface area contributed by atoms with Crippen LogP contribution in [-0.2, 0) is 6.54 Å². The highest BCUT2D eigenvalue weighted by Crippen LogP contribution is 2.37. The number of hydrogen-bond donors (Lipinski definition) is 0. The Morgan fingerprint density at radius 3 is 2.85 bits per heavy atom. The number of rotatable bonds is 2. The molecule has 2 atom stereocenters. The second kappa shape index (κ2) is 5.28. The molecule has 2 fully saturated rings. The molecular formula is C17H23NO2. The average molecular weight is 273 g/mol. The van der Waals surface area contributed by atoms with Crippen LogP contribution in [0.1, 0.15) is 44.1 Å². The van der Waals surface area contributed by atoms with Crippen molar-refractivity contribution in [2.24, 2.45) is 5.92 Å². The van der Waals surface area contributed by atoms with E-state index in [-0.39, 0.29) is 0 Å². The smallest absolute Gasteiger partial charge is 0.231 e. The summed E-state index contributed by atoms with van der Waals surface area (Å²) >= 11 is 0. The number of ether oxygens (including phenoxy) is 2. The van der Waals surface area contributed by atoms with Crippen molar-refractivity contribution in [3.8, 4) is 11.5 Å². The van der Waals surface area contributed by atoms with Crippen LogP contribution in [0.3, 0.4) is 0 Å². The first-order valence-corrected chi connectivity index (χ1v) is 8.03. The summed E-state index contributed by atoms with van der Waals surface area (Å²) in [5.41, 5.74) is 1.36. The summed E-state index contributed by atoms with van der Waals surface area (Å²) in [6, 6.07) is 7.23. The molecule has 3 heteroatoms. The lowest BCUT2D eigenvalue weighted by atomic mass is 9.78. The molecule has 0 unspecified atom stereocenters. The lowest BCUT2D eigenvalue weighted by Crippen LogP contribution is -2.46. The summed E-state index contributed by atoms with van der Waals surface area (Å²) in [5.74, 6) is 2.76. The molecule has 1 aromatic rings. The SMILES string of the molecule is c1cc2c(cc1CN1CCC[C@H]3CCCC[C@H]31)OCO2. The number of piperidine rings is 1. The molecule has 0 aromatic heterocycles. The van der Waals surface area contributed by atoms with Gasteiger partial charge in [0.1, 0.15) is 0 Å². The minimum Gasteiger partial charge on any atom is -0.454 e. The van der Waals surface area contributed by atoms with E-state index in [9.17, 15) is 0 Å². The Kier molecular flexibility index (Phi) is 3.31. The Morgan fingerprint density at radius 1 is 1.00 bits per heavy atom. The maximum atomic E-state index is 5.49. The van der Waals surface area contributed by atoms with E-state index in [1.54, 1.807) is 0 Å². The second-order valence-electron chi connectivity index (χ2n) is 6.41. The predicted molar refractivity (Wildman–Crippen MR) is 78.0 cm³/mol. The van der Waals surface area contributed by atoms with E-state index in [1.165, 1.54) is 50.6 Å². The van der Waals surface area contributed by atoms with Gasteiger partial charge in [0.2, 0.25) is 6.79 Å². The number of likely N-dealkylation sites (tertiary alicyclic amines) is 1. The van der Waals surface area contributed by atoms with Crippen LogP contribution in [0.25, 0.3) is 0 Å². The molecule has 2 aliphatic heterocycles. The summed E-state index contributed by atoms with van der Waals surface area (Å²) in [6.45, 7) is 2.70. The van der Waals surface area contributed by atoms with Gasteiger partial charge in [0, 0.05) is 12.6 Å². The third-order valence-corrected chi connectivity index (χ3v) is 5.18. The highest BCUT2D eigenvalue weighted by molar-refractivity contribution is 5.44. The molecule has 1 aromatic carbocycles. The molecule has 0 radical (unpaired) electrons. The first kappa shape index (κ1) is 12.5. The molecule has 2 heterocycles. The van der Waals surface area contributed by atoms with Crippen molar-refractivity contribution in [2.45, 2.75) is 51.1 Å². The molecule has 108 valence electrons.